The van der Waals surface area contributed by atoms with Gasteiger partial charge in [-0.05, 0) is 36.8 Å². The first-order valence-corrected chi connectivity index (χ1v) is 6.08. The van der Waals surface area contributed by atoms with E-state index in [-0.39, 0.29) is 29.4 Å². The number of phenols is 1. The number of nitrogens with zero attached hydrogens (tertiary/aromatic N) is 3. The van der Waals surface area contributed by atoms with Gasteiger partial charge in [0.15, 0.2) is 5.75 Å². The first-order valence-electron chi connectivity index (χ1n) is 6.08. The number of anilines is 1. The van der Waals surface area contributed by atoms with Crippen LogP contribution in [0, 0.1) is 6.92 Å². The van der Waals surface area contributed by atoms with E-state index in [4.69, 9.17) is 4.74 Å². The maximum atomic E-state index is 11.8. The van der Waals surface area contributed by atoms with Crippen molar-refractivity contribution in [3.8, 4) is 5.75 Å². The molecule has 0 saturated heterocycles. The van der Waals surface area contributed by atoms with Gasteiger partial charge in [0.2, 0.25) is 0 Å². The number of carbonyl (C=O) groups is 2. The molecule has 0 fully saturated rings. The molecule has 1 amide bonds. The molecule has 0 aliphatic heterocycles. The first-order chi connectivity index (χ1) is 10.0. The van der Waals surface area contributed by atoms with Crippen LogP contribution in [0.3, 0.4) is 0 Å². The lowest BCUT2D eigenvalue weighted by Gasteiger charge is -2.11. The number of nitrogens with one attached hydrogen (secondary N) is 2. The number of H-pyrrole nitrogens is 1. The average molecular weight is 291 g/mol. The molecule has 0 spiro atoms. The number of aryl methyl sites for hydroxylation is 1. The summed E-state index contributed by atoms with van der Waals surface area (Å²) in [7, 11) is 0. The van der Waals surface area contributed by atoms with E-state index in [1.54, 1.807) is 13.8 Å². The number of tetrazole rings is 1. The molecule has 9 nitrogen and oxygen atoms in total. The number of phenolic OH excluding ortho intramolecular Hbond substituents is 1. The van der Waals surface area contributed by atoms with Crippen LogP contribution in [0.15, 0.2) is 12.1 Å². The molecule has 0 bridgehead atoms. The fraction of sp³-hybridized carbons (Fsp3) is 0.250. The lowest BCUT2D eigenvalue weighted by molar-refractivity contribution is 0.0523. The number of rotatable bonds is 4. The van der Waals surface area contributed by atoms with Crippen LogP contribution >= 0.6 is 0 Å². The summed E-state index contributed by atoms with van der Waals surface area (Å²) in [6.07, 6.45) is 0. The Morgan fingerprint density at radius 1 is 1.43 bits per heavy atom. The molecule has 0 unspecified atom stereocenters. The van der Waals surface area contributed by atoms with E-state index in [0.29, 0.717) is 5.56 Å². The van der Waals surface area contributed by atoms with E-state index < -0.39 is 11.9 Å². The lowest BCUT2D eigenvalue weighted by Crippen LogP contribution is -2.15. The summed E-state index contributed by atoms with van der Waals surface area (Å²) in [5, 5.41) is 24.9. The van der Waals surface area contributed by atoms with Gasteiger partial charge >= 0.3 is 5.97 Å². The second-order valence-corrected chi connectivity index (χ2v) is 4.12. The van der Waals surface area contributed by atoms with Crippen molar-refractivity contribution in [2.24, 2.45) is 0 Å². The maximum Gasteiger partial charge on any atom is 0.341 e. The number of hydrogen-bond acceptors (Lipinski definition) is 7. The molecule has 110 valence electrons. The van der Waals surface area contributed by atoms with Gasteiger partial charge in [-0.2, -0.15) is 5.21 Å². The molecule has 9 heteroatoms. The van der Waals surface area contributed by atoms with Gasteiger partial charge in [-0.25, -0.2) is 4.79 Å². The third-order valence-electron chi connectivity index (χ3n) is 2.55. The monoisotopic (exact) mass is 291 g/mol. The Bertz CT molecular complexity index is 669. The topological polar surface area (TPSA) is 130 Å². The molecule has 2 aromatic rings. The van der Waals surface area contributed by atoms with Gasteiger partial charge in [-0.3, -0.25) is 4.79 Å². The summed E-state index contributed by atoms with van der Waals surface area (Å²) in [4.78, 5) is 23.6. The van der Waals surface area contributed by atoms with Crippen molar-refractivity contribution < 1.29 is 19.4 Å². The third kappa shape index (κ3) is 3.14. The van der Waals surface area contributed by atoms with Gasteiger partial charge in [0.05, 0.1) is 12.3 Å². The summed E-state index contributed by atoms with van der Waals surface area (Å²) in [5.74, 6) is -1.90. The Morgan fingerprint density at radius 2 is 2.19 bits per heavy atom. The number of amides is 1. The summed E-state index contributed by atoms with van der Waals surface area (Å²) in [5.41, 5.74) is 0.701. The maximum absolute atomic E-state index is 11.8. The van der Waals surface area contributed by atoms with Crippen LogP contribution in [-0.4, -0.2) is 44.2 Å². The van der Waals surface area contributed by atoms with Gasteiger partial charge in [-0.1, -0.05) is 0 Å². The molecule has 3 N–H and O–H groups in total. The first kappa shape index (κ1) is 14.4. The highest BCUT2D eigenvalue weighted by atomic mass is 16.5. The van der Waals surface area contributed by atoms with Crippen molar-refractivity contribution in [1.29, 1.82) is 0 Å². The molecule has 0 atom stereocenters. The van der Waals surface area contributed by atoms with E-state index in [0.717, 1.165) is 0 Å². The summed E-state index contributed by atoms with van der Waals surface area (Å²) < 4.78 is 4.84. The minimum absolute atomic E-state index is 0.0275. The molecule has 0 saturated carbocycles. The van der Waals surface area contributed by atoms with Crippen molar-refractivity contribution >= 4 is 17.6 Å². The van der Waals surface area contributed by atoms with E-state index in [2.05, 4.69) is 25.9 Å². The number of ether oxygens (including phenoxy) is 1. The molecule has 1 aromatic carbocycles. The molecular formula is C12H13N5O4. The molecule has 0 aliphatic rings. The molecule has 21 heavy (non-hydrogen) atoms. The van der Waals surface area contributed by atoms with Crippen molar-refractivity contribution in [3.63, 3.8) is 0 Å². The second-order valence-electron chi connectivity index (χ2n) is 4.12. The van der Waals surface area contributed by atoms with Crippen LogP contribution < -0.4 is 5.32 Å². The Morgan fingerprint density at radius 3 is 2.81 bits per heavy atom. The average Bonchev–Trinajstić information content (AvgIpc) is 2.96. The van der Waals surface area contributed by atoms with Gasteiger partial charge in [0.25, 0.3) is 11.7 Å². The van der Waals surface area contributed by atoms with E-state index >= 15 is 0 Å². The highest BCUT2D eigenvalue weighted by Gasteiger charge is 2.19. The van der Waals surface area contributed by atoms with Crippen molar-refractivity contribution in [3.05, 3.63) is 29.1 Å². The Labute approximate surface area is 119 Å². The SMILES string of the molecule is CCOC(=O)c1cc(C)cc(NC(=O)c2nn[nH]n2)c1O. The number of carbonyl (C=O) groups excluding carboxylic acids is 2. The minimum Gasteiger partial charge on any atom is -0.505 e. The zero-order valence-corrected chi connectivity index (χ0v) is 11.4. The number of aromatic amines is 1. The Kier molecular flexibility index (Phi) is 4.12. The van der Waals surface area contributed by atoms with Gasteiger partial charge in [-0.15, -0.1) is 10.2 Å². The zero-order chi connectivity index (χ0) is 15.4. The van der Waals surface area contributed by atoms with Gasteiger partial charge in [0.1, 0.15) is 5.56 Å². The molecule has 0 radical (unpaired) electrons. The number of hydrogen-bond donors (Lipinski definition) is 3. The number of esters is 1. The number of aromatic nitrogens is 4. The highest BCUT2D eigenvalue weighted by Crippen LogP contribution is 2.30. The van der Waals surface area contributed by atoms with Crippen LogP contribution in [0.5, 0.6) is 5.75 Å². The fourth-order valence-electron chi connectivity index (χ4n) is 1.67. The van der Waals surface area contributed by atoms with Gasteiger partial charge in [0, 0.05) is 0 Å². The van der Waals surface area contributed by atoms with E-state index in [1.165, 1.54) is 12.1 Å². The molecule has 1 heterocycles. The standard InChI is InChI=1S/C12H13N5O4/c1-3-21-12(20)7-4-6(2)5-8(9(7)18)13-11(19)10-14-16-17-15-10/h4-5,18H,3H2,1-2H3,(H,13,19)(H,14,15,16,17). The van der Waals surface area contributed by atoms with Crippen LogP contribution in [0.1, 0.15) is 33.5 Å². The smallest absolute Gasteiger partial charge is 0.341 e. The summed E-state index contributed by atoms with van der Waals surface area (Å²) in [6, 6.07) is 2.98. The van der Waals surface area contributed by atoms with Crippen molar-refractivity contribution in [2.45, 2.75) is 13.8 Å². The van der Waals surface area contributed by atoms with E-state index in [9.17, 15) is 14.7 Å². The number of aromatic hydroxyl groups is 1. The molecular weight excluding hydrogens is 278 g/mol. The lowest BCUT2D eigenvalue weighted by atomic mass is 10.1. The van der Waals surface area contributed by atoms with Crippen molar-refractivity contribution in [2.75, 3.05) is 11.9 Å². The second kappa shape index (κ2) is 5.99. The van der Waals surface area contributed by atoms with Crippen molar-refractivity contribution in [1.82, 2.24) is 20.6 Å². The third-order valence-corrected chi connectivity index (χ3v) is 2.55. The zero-order valence-electron chi connectivity index (χ0n) is 11.4. The van der Waals surface area contributed by atoms with E-state index in [1.807, 2.05) is 0 Å². The fourth-order valence-corrected chi connectivity index (χ4v) is 1.67. The van der Waals surface area contributed by atoms with Crippen LogP contribution in [0.25, 0.3) is 0 Å². The normalized spacial score (nSPS) is 10.2. The van der Waals surface area contributed by atoms with Crippen LogP contribution in [0.2, 0.25) is 0 Å². The Balaban J connectivity index is 2.31. The van der Waals surface area contributed by atoms with Crippen LogP contribution in [0.4, 0.5) is 5.69 Å². The highest BCUT2D eigenvalue weighted by molar-refractivity contribution is 6.04. The molecule has 0 aliphatic carbocycles. The molecule has 1 aromatic heterocycles. The quantitative estimate of drug-likeness (QED) is 0.556. The predicted octanol–water partition coefficient (Wildman–Crippen LogP) is 0.643. The minimum atomic E-state index is -0.672. The summed E-state index contributed by atoms with van der Waals surface area (Å²) in [6.45, 7) is 3.55. The summed E-state index contributed by atoms with van der Waals surface area (Å²) >= 11 is 0. The molecule has 2 rings (SSSR count). The number of benzene rings is 1. The predicted molar refractivity (Wildman–Crippen MR) is 70.9 cm³/mol. The Hall–Kier alpha value is -2.97. The largest absolute Gasteiger partial charge is 0.505 e. The van der Waals surface area contributed by atoms with Crippen LogP contribution in [-0.2, 0) is 4.74 Å². The van der Waals surface area contributed by atoms with Gasteiger partial charge < -0.3 is 15.2 Å².